The fraction of sp³-hybridized carbons (Fsp3) is 0.733. The summed E-state index contributed by atoms with van der Waals surface area (Å²) in [4.78, 5) is 14.3. The lowest BCUT2D eigenvalue weighted by atomic mass is 10.2. The highest BCUT2D eigenvalue weighted by atomic mass is 15.3. The van der Waals surface area contributed by atoms with Gasteiger partial charge in [0.2, 0.25) is 0 Å². The molecule has 0 radical (unpaired) electrons. The summed E-state index contributed by atoms with van der Waals surface area (Å²) in [6.07, 6.45) is 5.23. The Hall–Kier alpha value is -1.36. The molecule has 5 nitrogen and oxygen atoms in total. The van der Waals surface area contributed by atoms with Crippen molar-refractivity contribution in [2.45, 2.75) is 44.6 Å². The molecule has 2 saturated carbocycles. The van der Waals surface area contributed by atoms with Crippen molar-refractivity contribution in [1.82, 2.24) is 14.9 Å². The van der Waals surface area contributed by atoms with Gasteiger partial charge in [-0.05, 0) is 32.6 Å². The molecule has 2 heterocycles. The zero-order valence-corrected chi connectivity index (χ0v) is 12.2. The first kappa shape index (κ1) is 12.4. The van der Waals surface area contributed by atoms with Crippen LogP contribution in [0.15, 0.2) is 0 Å². The van der Waals surface area contributed by atoms with E-state index in [4.69, 9.17) is 10.7 Å². The molecule has 1 aromatic heterocycles. The standard InChI is InChI=1S/C15H23N5/c1-10-13(16)17-14(11-2-3-11)18-15(10)20-8-6-19(7-9-20)12-4-5-12/h11-12H,2-9H2,1H3,(H2,16,17,18). The lowest BCUT2D eigenvalue weighted by Gasteiger charge is -2.36. The number of anilines is 2. The van der Waals surface area contributed by atoms with Crippen molar-refractivity contribution in [3.8, 4) is 0 Å². The van der Waals surface area contributed by atoms with Crippen molar-refractivity contribution in [3.63, 3.8) is 0 Å². The molecule has 0 unspecified atom stereocenters. The molecule has 2 N–H and O–H groups in total. The largest absolute Gasteiger partial charge is 0.383 e. The minimum Gasteiger partial charge on any atom is -0.383 e. The molecule has 5 heteroatoms. The van der Waals surface area contributed by atoms with E-state index in [-0.39, 0.29) is 0 Å². The number of nitrogen functional groups attached to an aromatic ring is 1. The van der Waals surface area contributed by atoms with Gasteiger partial charge in [0.05, 0.1) is 0 Å². The van der Waals surface area contributed by atoms with E-state index in [1.807, 2.05) is 0 Å². The zero-order valence-electron chi connectivity index (χ0n) is 12.2. The summed E-state index contributed by atoms with van der Waals surface area (Å²) in [7, 11) is 0. The average Bonchev–Trinajstić information content (AvgIpc) is 3.33. The van der Waals surface area contributed by atoms with E-state index in [9.17, 15) is 0 Å². The third-order valence-corrected chi connectivity index (χ3v) is 4.79. The summed E-state index contributed by atoms with van der Waals surface area (Å²) in [6.45, 7) is 6.50. The lowest BCUT2D eigenvalue weighted by Crippen LogP contribution is -2.47. The van der Waals surface area contributed by atoms with Crippen molar-refractivity contribution in [2.24, 2.45) is 0 Å². The molecule has 2 aliphatic carbocycles. The Morgan fingerprint density at radius 3 is 2.30 bits per heavy atom. The number of hydrogen-bond acceptors (Lipinski definition) is 5. The summed E-state index contributed by atoms with van der Waals surface area (Å²) in [5, 5.41) is 0. The maximum Gasteiger partial charge on any atom is 0.137 e. The van der Waals surface area contributed by atoms with Crippen LogP contribution in [0.3, 0.4) is 0 Å². The Morgan fingerprint density at radius 1 is 1.00 bits per heavy atom. The summed E-state index contributed by atoms with van der Waals surface area (Å²) in [5.41, 5.74) is 7.14. The van der Waals surface area contributed by atoms with Crippen LogP contribution in [0.5, 0.6) is 0 Å². The van der Waals surface area contributed by atoms with E-state index in [1.54, 1.807) is 0 Å². The van der Waals surface area contributed by atoms with Crippen LogP contribution >= 0.6 is 0 Å². The minimum atomic E-state index is 0.560. The molecule has 108 valence electrons. The molecule has 0 aromatic carbocycles. The smallest absolute Gasteiger partial charge is 0.137 e. The molecule has 0 spiro atoms. The number of rotatable bonds is 3. The number of nitrogens with zero attached hydrogens (tertiary/aromatic N) is 4. The summed E-state index contributed by atoms with van der Waals surface area (Å²) in [5.74, 6) is 3.27. The van der Waals surface area contributed by atoms with E-state index in [0.717, 1.165) is 49.4 Å². The fourth-order valence-electron chi connectivity index (χ4n) is 3.11. The van der Waals surface area contributed by atoms with Crippen LogP contribution in [0.25, 0.3) is 0 Å². The second-order valence-corrected chi connectivity index (χ2v) is 6.44. The van der Waals surface area contributed by atoms with Crippen LogP contribution in [0.2, 0.25) is 0 Å². The Kier molecular flexibility index (Phi) is 2.84. The van der Waals surface area contributed by atoms with Crippen LogP contribution in [0.4, 0.5) is 11.6 Å². The first-order valence-corrected chi connectivity index (χ1v) is 7.85. The van der Waals surface area contributed by atoms with Crippen molar-refractivity contribution in [2.75, 3.05) is 36.8 Å². The molecule has 3 fully saturated rings. The summed E-state index contributed by atoms with van der Waals surface area (Å²) in [6, 6.07) is 0.871. The summed E-state index contributed by atoms with van der Waals surface area (Å²) >= 11 is 0. The zero-order chi connectivity index (χ0) is 13.7. The van der Waals surface area contributed by atoms with Gasteiger partial charge >= 0.3 is 0 Å². The van der Waals surface area contributed by atoms with Crippen molar-refractivity contribution >= 4 is 11.6 Å². The number of aromatic nitrogens is 2. The molecule has 1 saturated heterocycles. The van der Waals surface area contributed by atoms with Crippen LogP contribution in [-0.4, -0.2) is 47.1 Å². The van der Waals surface area contributed by atoms with E-state index >= 15 is 0 Å². The van der Waals surface area contributed by atoms with Crippen LogP contribution in [0, 0.1) is 6.92 Å². The van der Waals surface area contributed by atoms with Gasteiger partial charge in [-0.15, -0.1) is 0 Å². The predicted molar refractivity (Wildman–Crippen MR) is 80.0 cm³/mol. The molecule has 1 aromatic rings. The van der Waals surface area contributed by atoms with Crippen molar-refractivity contribution in [1.29, 1.82) is 0 Å². The highest BCUT2D eigenvalue weighted by Gasteiger charge is 2.33. The topological polar surface area (TPSA) is 58.3 Å². The lowest BCUT2D eigenvalue weighted by molar-refractivity contribution is 0.247. The predicted octanol–water partition coefficient (Wildman–Crippen LogP) is 1.53. The quantitative estimate of drug-likeness (QED) is 0.905. The van der Waals surface area contributed by atoms with Crippen LogP contribution in [-0.2, 0) is 0 Å². The Bertz CT molecular complexity index is 513. The van der Waals surface area contributed by atoms with E-state index in [2.05, 4.69) is 21.7 Å². The number of nitrogens with two attached hydrogens (primary N) is 1. The summed E-state index contributed by atoms with van der Waals surface area (Å²) < 4.78 is 0. The molecular formula is C15H23N5. The normalized spacial score (nSPS) is 24.1. The van der Waals surface area contributed by atoms with Gasteiger partial charge in [0.25, 0.3) is 0 Å². The molecule has 0 atom stereocenters. The number of hydrogen-bond donors (Lipinski definition) is 1. The highest BCUT2D eigenvalue weighted by Crippen LogP contribution is 2.39. The third kappa shape index (κ3) is 2.24. The maximum atomic E-state index is 6.09. The van der Waals surface area contributed by atoms with Crippen LogP contribution in [0.1, 0.15) is 43.0 Å². The maximum absolute atomic E-state index is 6.09. The SMILES string of the molecule is Cc1c(N)nc(C2CC2)nc1N1CCN(C2CC2)CC1. The van der Waals surface area contributed by atoms with Crippen LogP contribution < -0.4 is 10.6 Å². The highest BCUT2D eigenvalue weighted by molar-refractivity contribution is 5.57. The van der Waals surface area contributed by atoms with Gasteiger partial charge in [-0.2, -0.15) is 0 Å². The van der Waals surface area contributed by atoms with Gasteiger partial charge in [-0.1, -0.05) is 0 Å². The molecule has 4 rings (SSSR count). The van der Waals surface area contributed by atoms with Gasteiger partial charge in [0, 0.05) is 43.7 Å². The van der Waals surface area contributed by atoms with Crippen molar-refractivity contribution < 1.29 is 0 Å². The van der Waals surface area contributed by atoms with Gasteiger partial charge in [-0.25, -0.2) is 9.97 Å². The molecule has 20 heavy (non-hydrogen) atoms. The average molecular weight is 273 g/mol. The second-order valence-electron chi connectivity index (χ2n) is 6.44. The van der Waals surface area contributed by atoms with E-state index < -0.39 is 0 Å². The fourth-order valence-corrected chi connectivity index (χ4v) is 3.11. The molecule has 0 amide bonds. The molecule has 0 bridgehead atoms. The number of piperazine rings is 1. The monoisotopic (exact) mass is 273 g/mol. The van der Waals surface area contributed by atoms with Gasteiger partial charge < -0.3 is 10.6 Å². The molecular weight excluding hydrogens is 250 g/mol. The Balaban J connectivity index is 1.55. The first-order chi connectivity index (χ1) is 9.72. The van der Waals surface area contributed by atoms with Crippen molar-refractivity contribution in [3.05, 3.63) is 11.4 Å². The van der Waals surface area contributed by atoms with Gasteiger partial charge in [0.1, 0.15) is 17.5 Å². The first-order valence-electron chi connectivity index (χ1n) is 7.85. The minimum absolute atomic E-state index is 0.560. The van der Waals surface area contributed by atoms with E-state index in [1.165, 1.54) is 25.7 Å². The molecule has 1 aliphatic heterocycles. The van der Waals surface area contributed by atoms with E-state index in [0.29, 0.717) is 11.7 Å². The van der Waals surface area contributed by atoms with Gasteiger partial charge in [0.15, 0.2) is 0 Å². The Morgan fingerprint density at radius 2 is 1.70 bits per heavy atom. The molecule has 3 aliphatic rings. The Labute approximate surface area is 120 Å². The second kappa shape index (κ2) is 4.58. The third-order valence-electron chi connectivity index (χ3n) is 4.79. The van der Waals surface area contributed by atoms with Gasteiger partial charge in [-0.3, -0.25) is 4.90 Å².